The van der Waals surface area contributed by atoms with Crippen LogP contribution in [0.25, 0.3) is 0 Å². The van der Waals surface area contributed by atoms with Gasteiger partial charge in [0.05, 0.1) is 5.56 Å². The molecule has 4 nitrogen and oxygen atoms in total. The highest BCUT2D eigenvalue weighted by molar-refractivity contribution is 7.14. The maximum Gasteiger partial charge on any atom is 0.226 e. The first-order chi connectivity index (χ1) is 12.2. The number of nitriles is 1. The van der Waals surface area contributed by atoms with Gasteiger partial charge in [0.2, 0.25) is 5.91 Å². The number of rotatable bonds is 6. The van der Waals surface area contributed by atoms with Crippen molar-refractivity contribution in [1.29, 1.82) is 5.26 Å². The topological polar surface area (TPSA) is 56.1 Å². The summed E-state index contributed by atoms with van der Waals surface area (Å²) in [6, 6.07) is 14.5. The van der Waals surface area contributed by atoms with E-state index in [0.29, 0.717) is 17.0 Å². The Balaban J connectivity index is 1.38. The van der Waals surface area contributed by atoms with Gasteiger partial charge in [0.25, 0.3) is 0 Å². The van der Waals surface area contributed by atoms with Gasteiger partial charge in [-0.3, -0.25) is 4.79 Å². The zero-order valence-electron chi connectivity index (χ0n) is 14.3. The van der Waals surface area contributed by atoms with Gasteiger partial charge in [-0.05, 0) is 55.3 Å². The average molecular weight is 353 g/mol. The summed E-state index contributed by atoms with van der Waals surface area (Å²) in [6.45, 7) is 2.91. The molecule has 0 saturated carbocycles. The van der Waals surface area contributed by atoms with E-state index < -0.39 is 0 Å². The smallest absolute Gasteiger partial charge is 0.226 e. The molecule has 25 heavy (non-hydrogen) atoms. The monoisotopic (exact) mass is 353 g/mol. The van der Waals surface area contributed by atoms with Gasteiger partial charge in [-0.1, -0.05) is 30.3 Å². The Bertz CT molecular complexity index is 727. The van der Waals surface area contributed by atoms with E-state index in [1.807, 2.05) is 5.38 Å². The molecule has 3 rings (SSSR count). The van der Waals surface area contributed by atoms with Crippen LogP contribution in [0, 0.1) is 17.2 Å². The Labute approximate surface area is 153 Å². The van der Waals surface area contributed by atoms with Crippen LogP contribution in [0.15, 0.2) is 41.8 Å². The molecule has 2 aromatic rings. The van der Waals surface area contributed by atoms with Gasteiger partial charge < -0.3 is 10.2 Å². The minimum atomic E-state index is -0.00893. The molecule has 1 aliphatic heterocycles. The van der Waals surface area contributed by atoms with E-state index in [-0.39, 0.29) is 5.91 Å². The van der Waals surface area contributed by atoms with Gasteiger partial charge >= 0.3 is 0 Å². The molecule has 1 aromatic heterocycles. The third-order valence-electron chi connectivity index (χ3n) is 4.77. The van der Waals surface area contributed by atoms with Crippen molar-refractivity contribution < 1.29 is 4.79 Å². The lowest BCUT2D eigenvalue weighted by Crippen LogP contribution is -2.36. The number of hydrogen-bond donors (Lipinski definition) is 1. The van der Waals surface area contributed by atoms with Crippen LogP contribution in [0.4, 0.5) is 5.00 Å². The first-order valence-electron chi connectivity index (χ1n) is 8.78. The third kappa shape index (κ3) is 5.15. The SMILES string of the molecule is N#Cc1ccsc1NC(=O)CCN1CCC(Cc2ccccc2)CC1. The molecule has 0 unspecified atom stereocenters. The van der Waals surface area contributed by atoms with Crippen LogP contribution in [0.3, 0.4) is 0 Å². The number of carbonyl (C=O) groups is 1. The molecule has 0 aliphatic carbocycles. The van der Waals surface area contributed by atoms with Crippen LogP contribution in [0.1, 0.15) is 30.4 Å². The summed E-state index contributed by atoms with van der Waals surface area (Å²) in [7, 11) is 0. The summed E-state index contributed by atoms with van der Waals surface area (Å²) in [5.41, 5.74) is 1.96. The highest BCUT2D eigenvalue weighted by atomic mass is 32.1. The van der Waals surface area contributed by atoms with Crippen molar-refractivity contribution in [2.24, 2.45) is 5.92 Å². The average Bonchev–Trinajstić information content (AvgIpc) is 3.09. The molecule has 0 atom stereocenters. The van der Waals surface area contributed by atoms with Crippen molar-refractivity contribution in [2.45, 2.75) is 25.7 Å². The van der Waals surface area contributed by atoms with Gasteiger partial charge in [-0.2, -0.15) is 5.26 Å². The molecule has 1 N–H and O–H groups in total. The lowest BCUT2D eigenvalue weighted by atomic mass is 9.90. The summed E-state index contributed by atoms with van der Waals surface area (Å²) >= 11 is 1.40. The third-order valence-corrected chi connectivity index (χ3v) is 5.60. The fraction of sp³-hybridized carbons (Fsp3) is 0.400. The molecule has 1 fully saturated rings. The molecular formula is C20H23N3OS. The number of benzene rings is 1. The molecule has 1 saturated heterocycles. The van der Waals surface area contributed by atoms with Gasteiger partial charge in [0, 0.05) is 13.0 Å². The van der Waals surface area contributed by atoms with Crippen molar-refractivity contribution in [3.05, 3.63) is 52.9 Å². The first kappa shape index (κ1) is 17.7. The van der Waals surface area contributed by atoms with Crippen LogP contribution in [-0.4, -0.2) is 30.4 Å². The second-order valence-electron chi connectivity index (χ2n) is 6.55. The van der Waals surface area contributed by atoms with Crippen molar-refractivity contribution in [3.8, 4) is 6.07 Å². The minimum Gasteiger partial charge on any atom is -0.317 e. The molecule has 0 bridgehead atoms. The predicted molar refractivity (Wildman–Crippen MR) is 102 cm³/mol. The second kappa shape index (κ2) is 8.80. The summed E-state index contributed by atoms with van der Waals surface area (Å²) in [4.78, 5) is 14.5. The standard InChI is InChI=1S/C20H23N3OS/c21-15-18-9-13-25-20(18)22-19(24)8-12-23-10-6-17(7-11-23)14-16-4-2-1-3-5-16/h1-5,9,13,17H,6-8,10-12,14H2,(H,22,24). The zero-order valence-corrected chi connectivity index (χ0v) is 15.1. The normalized spacial score (nSPS) is 15.6. The van der Waals surface area contributed by atoms with Crippen LogP contribution in [0.5, 0.6) is 0 Å². The number of hydrogen-bond acceptors (Lipinski definition) is 4. The molecular weight excluding hydrogens is 330 g/mol. The Hall–Kier alpha value is -2.16. The summed E-state index contributed by atoms with van der Waals surface area (Å²) < 4.78 is 0. The largest absolute Gasteiger partial charge is 0.317 e. The Kier molecular flexibility index (Phi) is 6.21. The van der Waals surface area contributed by atoms with Gasteiger partial charge in [0.1, 0.15) is 11.1 Å². The molecule has 1 aliphatic rings. The molecule has 130 valence electrons. The number of anilines is 1. The quantitative estimate of drug-likeness (QED) is 0.857. The Morgan fingerprint density at radius 1 is 1.24 bits per heavy atom. The summed E-state index contributed by atoms with van der Waals surface area (Å²) in [5.74, 6) is 0.738. The van der Waals surface area contributed by atoms with E-state index in [0.717, 1.165) is 32.0 Å². The van der Waals surface area contributed by atoms with Crippen molar-refractivity contribution in [2.75, 3.05) is 25.0 Å². The fourth-order valence-electron chi connectivity index (χ4n) is 3.30. The van der Waals surface area contributed by atoms with Crippen LogP contribution in [0.2, 0.25) is 0 Å². The molecule has 2 heterocycles. The highest BCUT2D eigenvalue weighted by Gasteiger charge is 2.20. The number of thiophene rings is 1. The van der Waals surface area contributed by atoms with E-state index in [4.69, 9.17) is 5.26 Å². The number of piperidine rings is 1. The van der Waals surface area contributed by atoms with E-state index in [1.54, 1.807) is 6.07 Å². The van der Waals surface area contributed by atoms with E-state index >= 15 is 0 Å². The lowest BCUT2D eigenvalue weighted by molar-refractivity contribution is -0.116. The fourth-order valence-corrected chi connectivity index (χ4v) is 4.06. The molecule has 0 radical (unpaired) electrons. The van der Waals surface area contributed by atoms with Gasteiger partial charge in [0.15, 0.2) is 0 Å². The van der Waals surface area contributed by atoms with Crippen LogP contribution in [-0.2, 0) is 11.2 Å². The van der Waals surface area contributed by atoms with Gasteiger partial charge in [-0.15, -0.1) is 11.3 Å². The number of likely N-dealkylation sites (tertiary alicyclic amines) is 1. The van der Waals surface area contributed by atoms with E-state index in [9.17, 15) is 4.79 Å². The first-order valence-corrected chi connectivity index (χ1v) is 9.66. The van der Waals surface area contributed by atoms with Crippen molar-refractivity contribution in [3.63, 3.8) is 0 Å². The van der Waals surface area contributed by atoms with E-state index in [1.165, 1.54) is 29.7 Å². The molecule has 5 heteroatoms. The Morgan fingerprint density at radius 2 is 2.00 bits per heavy atom. The van der Waals surface area contributed by atoms with E-state index in [2.05, 4.69) is 46.6 Å². The minimum absolute atomic E-state index is 0.00893. The number of carbonyl (C=O) groups excluding carboxylic acids is 1. The van der Waals surface area contributed by atoms with Gasteiger partial charge in [-0.25, -0.2) is 0 Å². The molecule has 1 aromatic carbocycles. The predicted octanol–water partition coefficient (Wildman–Crippen LogP) is 3.90. The van der Waals surface area contributed by atoms with Crippen LogP contribution < -0.4 is 5.32 Å². The maximum atomic E-state index is 12.1. The Morgan fingerprint density at radius 3 is 2.72 bits per heavy atom. The van der Waals surface area contributed by atoms with Crippen molar-refractivity contribution in [1.82, 2.24) is 4.90 Å². The molecule has 0 spiro atoms. The lowest BCUT2D eigenvalue weighted by Gasteiger charge is -2.31. The maximum absolute atomic E-state index is 12.1. The highest BCUT2D eigenvalue weighted by Crippen LogP contribution is 2.23. The number of nitrogens with one attached hydrogen (secondary N) is 1. The summed E-state index contributed by atoms with van der Waals surface area (Å²) in [5, 5.41) is 14.3. The second-order valence-corrected chi connectivity index (χ2v) is 7.46. The summed E-state index contributed by atoms with van der Waals surface area (Å²) in [6.07, 6.45) is 4.02. The molecule has 1 amide bonds. The number of amides is 1. The van der Waals surface area contributed by atoms with Crippen LogP contribution >= 0.6 is 11.3 Å². The van der Waals surface area contributed by atoms with Crippen molar-refractivity contribution >= 4 is 22.2 Å². The number of nitrogens with zero attached hydrogens (tertiary/aromatic N) is 2. The zero-order chi connectivity index (χ0) is 17.5.